The first-order valence-corrected chi connectivity index (χ1v) is 6.54. The van der Waals surface area contributed by atoms with Gasteiger partial charge in [-0.3, -0.25) is 4.79 Å². The number of ether oxygens (including phenoxy) is 1. The average Bonchev–Trinajstić information content (AvgIpc) is 3.01. The summed E-state index contributed by atoms with van der Waals surface area (Å²) in [5.74, 6) is 0.354. The van der Waals surface area contributed by atoms with Crippen LogP contribution >= 0.6 is 0 Å². The first kappa shape index (κ1) is 12.0. The third-order valence-electron chi connectivity index (χ3n) is 3.61. The number of carbonyl (C=O) groups excluding carboxylic acids is 1. The number of para-hydroxylation sites is 1. The fourth-order valence-corrected chi connectivity index (χ4v) is 2.52. The van der Waals surface area contributed by atoms with Crippen molar-refractivity contribution in [1.29, 1.82) is 0 Å². The van der Waals surface area contributed by atoms with Gasteiger partial charge in [0, 0.05) is 29.4 Å². The molecular weight excluding hydrogens is 240 g/mol. The third kappa shape index (κ3) is 1.93. The summed E-state index contributed by atoms with van der Waals surface area (Å²) in [6.45, 7) is 3.94. The molecule has 4 heteroatoms. The van der Waals surface area contributed by atoms with E-state index in [0.29, 0.717) is 12.3 Å². The SMILES string of the molecule is CCC1=NC(=O)[C@H]([C@H](C)c2c[nH]c3ccccc23)O1. The van der Waals surface area contributed by atoms with E-state index >= 15 is 0 Å². The van der Waals surface area contributed by atoms with Crippen LogP contribution in [-0.2, 0) is 9.53 Å². The van der Waals surface area contributed by atoms with Gasteiger partial charge in [0.15, 0.2) is 12.0 Å². The van der Waals surface area contributed by atoms with E-state index < -0.39 is 6.10 Å². The van der Waals surface area contributed by atoms with Crippen LogP contribution in [0.25, 0.3) is 10.9 Å². The largest absolute Gasteiger partial charge is 0.467 e. The van der Waals surface area contributed by atoms with Crippen molar-refractivity contribution in [1.82, 2.24) is 4.98 Å². The zero-order valence-corrected chi connectivity index (χ0v) is 11.0. The lowest BCUT2D eigenvalue weighted by Gasteiger charge is -2.17. The van der Waals surface area contributed by atoms with Crippen molar-refractivity contribution in [2.24, 2.45) is 4.99 Å². The highest BCUT2D eigenvalue weighted by molar-refractivity contribution is 6.00. The molecule has 1 N–H and O–H groups in total. The van der Waals surface area contributed by atoms with Crippen LogP contribution in [-0.4, -0.2) is 22.9 Å². The fourth-order valence-electron chi connectivity index (χ4n) is 2.52. The summed E-state index contributed by atoms with van der Waals surface area (Å²) in [6.07, 6.45) is 2.12. The van der Waals surface area contributed by atoms with Gasteiger partial charge in [-0.05, 0) is 11.6 Å². The van der Waals surface area contributed by atoms with Gasteiger partial charge in [0.25, 0.3) is 5.91 Å². The molecule has 0 fully saturated rings. The van der Waals surface area contributed by atoms with Crippen LogP contribution in [0.15, 0.2) is 35.5 Å². The highest BCUT2D eigenvalue weighted by Gasteiger charge is 2.34. The van der Waals surface area contributed by atoms with Gasteiger partial charge in [0.1, 0.15) is 0 Å². The normalized spacial score (nSPS) is 20.4. The van der Waals surface area contributed by atoms with Crippen LogP contribution in [0.1, 0.15) is 31.7 Å². The molecule has 1 amide bonds. The number of amides is 1. The Kier molecular flexibility index (Phi) is 2.85. The van der Waals surface area contributed by atoms with Crippen LogP contribution in [0.2, 0.25) is 0 Å². The quantitative estimate of drug-likeness (QED) is 0.917. The standard InChI is InChI=1S/C15H16N2O2/c1-3-13-17-15(18)14(19-13)9(2)11-8-16-12-7-5-4-6-10(11)12/h4-9,14,16H,3H2,1-2H3/t9-,14+/m1/s1. The van der Waals surface area contributed by atoms with Crippen molar-refractivity contribution in [3.05, 3.63) is 36.0 Å². The Bertz CT molecular complexity index is 657. The molecule has 19 heavy (non-hydrogen) atoms. The van der Waals surface area contributed by atoms with Crippen LogP contribution in [0, 0.1) is 0 Å². The van der Waals surface area contributed by atoms with Crippen molar-refractivity contribution in [2.75, 3.05) is 0 Å². The number of hydrogen-bond acceptors (Lipinski definition) is 2. The Balaban J connectivity index is 1.93. The molecule has 1 aliphatic rings. The minimum atomic E-state index is -0.492. The number of aliphatic imine (C=N–C) groups is 1. The summed E-state index contributed by atoms with van der Waals surface area (Å²) in [7, 11) is 0. The van der Waals surface area contributed by atoms with E-state index in [9.17, 15) is 4.79 Å². The Hall–Kier alpha value is -2.10. The van der Waals surface area contributed by atoms with Crippen molar-refractivity contribution in [3.8, 4) is 0 Å². The second-order valence-corrected chi connectivity index (χ2v) is 4.81. The highest BCUT2D eigenvalue weighted by atomic mass is 16.5. The van der Waals surface area contributed by atoms with E-state index in [4.69, 9.17) is 4.74 Å². The lowest BCUT2D eigenvalue weighted by Crippen LogP contribution is -2.24. The topological polar surface area (TPSA) is 54.5 Å². The first-order valence-electron chi connectivity index (χ1n) is 6.54. The maximum Gasteiger partial charge on any atom is 0.290 e. The maximum atomic E-state index is 11.9. The van der Waals surface area contributed by atoms with E-state index in [0.717, 1.165) is 16.5 Å². The van der Waals surface area contributed by atoms with Gasteiger partial charge in [-0.15, -0.1) is 0 Å². The summed E-state index contributed by atoms with van der Waals surface area (Å²) in [6, 6.07) is 8.07. The zero-order chi connectivity index (χ0) is 13.4. The Labute approximate surface area is 111 Å². The Morgan fingerprint density at radius 2 is 2.21 bits per heavy atom. The van der Waals surface area contributed by atoms with Crippen LogP contribution in [0.3, 0.4) is 0 Å². The number of benzene rings is 1. The van der Waals surface area contributed by atoms with Gasteiger partial charge in [-0.2, -0.15) is 4.99 Å². The Morgan fingerprint density at radius 3 is 2.95 bits per heavy atom. The van der Waals surface area contributed by atoms with E-state index in [2.05, 4.69) is 16.0 Å². The second kappa shape index (κ2) is 4.53. The van der Waals surface area contributed by atoms with Gasteiger partial charge < -0.3 is 9.72 Å². The molecule has 1 aromatic heterocycles. The molecule has 0 saturated heterocycles. The fraction of sp³-hybridized carbons (Fsp3) is 0.333. The summed E-state index contributed by atoms with van der Waals surface area (Å²) in [4.78, 5) is 19.1. The van der Waals surface area contributed by atoms with Gasteiger partial charge in [-0.1, -0.05) is 32.0 Å². The van der Waals surface area contributed by atoms with Crippen molar-refractivity contribution < 1.29 is 9.53 Å². The highest BCUT2D eigenvalue weighted by Crippen LogP contribution is 2.31. The smallest absolute Gasteiger partial charge is 0.290 e. The minimum Gasteiger partial charge on any atom is -0.467 e. The molecule has 98 valence electrons. The average molecular weight is 256 g/mol. The Morgan fingerprint density at radius 1 is 1.42 bits per heavy atom. The number of hydrogen-bond donors (Lipinski definition) is 1. The molecule has 0 aliphatic carbocycles. The molecule has 2 heterocycles. The molecule has 2 atom stereocenters. The summed E-state index contributed by atoms with van der Waals surface area (Å²) in [5.41, 5.74) is 2.17. The lowest BCUT2D eigenvalue weighted by atomic mass is 9.94. The van der Waals surface area contributed by atoms with E-state index in [1.54, 1.807) is 0 Å². The molecular formula is C15H16N2O2. The number of nitrogens with zero attached hydrogens (tertiary/aromatic N) is 1. The molecule has 0 spiro atoms. The summed E-state index contributed by atoms with van der Waals surface area (Å²) in [5, 5.41) is 1.14. The van der Waals surface area contributed by atoms with E-state index in [1.165, 1.54) is 0 Å². The lowest BCUT2D eigenvalue weighted by molar-refractivity contribution is -0.123. The van der Waals surface area contributed by atoms with Gasteiger partial charge in [0.2, 0.25) is 0 Å². The number of rotatable bonds is 3. The molecule has 4 nitrogen and oxygen atoms in total. The predicted octanol–water partition coefficient (Wildman–Crippen LogP) is 3.01. The number of nitrogens with one attached hydrogen (secondary N) is 1. The van der Waals surface area contributed by atoms with Gasteiger partial charge in [0.05, 0.1) is 0 Å². The molecule has 2 aromatic rings. The van der Waals surface area contributed by atoms with Crippen LogP contribution < -0.4 is 0 Å². The van der Waals surface area contributed by atoms with Gasteiger partial charge in [-0.25, -0.2) is 0 Å². The molecule has 0 radical (unpaired) electrons. The molecule has 1 aliphatic heterocycles. The number of carbonyl (C=O) groups is 1. The van der Waals surface area contributed by atoms with Crippen molar-refractivity contribution in [3.63, 3.8) is 0 Å². The minimum absolute atomic E-state index is 0.0172. The van der Waals surface area contributed by atoms with Crippen LogP contribution in [0.4, 0.5) is 0 Å². The summed E-state index contributed by atoms with van der Waals surface area (Å²) >= 11 is 0. The van der Waals surface area contributed by atoms with E-state index in [-0.39, 0.29) is 11.8 Å². The van der Waals surface area contributed by atoms with Crippen molar-refractivity contribution >= 4 is 22.7 Å². The van der Waals surface area contributed by atoms with Gasteiger partial charge >= 0.3 is 0 Å². The summed E-state index contributed by atoms with van der Waals surface area (Å²) < 4.78 is 5.64. The monoisotopic (exact) mass is 256 g/mol. The number of aromatic amines is 1. The predicted molar refractivity (Wildman–Crippen MR) is 74.3 cm³/mol. The first-order chi connectivity index (χ1) is 9.20. The number of aromatic nitrogens is 1. The molecule has 0 bridgehead atoms. The molecule has 1 aromatic carbocycles. The van der Waals surface area contributed by atoms with Crippen LogP contribution in [0.5, 0.6) is 0 Å². The molecule has 3 rings (SSSR count). The number of fused-ring (bicyclic) bond motifs is 1. The third-order valence-corrected chi connectivity index (χ3v) is 3.61. The zero-order valence-electron chi connectivity index (χ0n) is 11.0. The van der Waals surface area contributed by atoms with Crippen molar-refractivity contribution in [2.45, 2.75) is 32.3 Å². The second-order valence-electron chi connectivity index (χ2n) is 4.81. The van der Waals surface area contributed by atoms with E-state index in [1.807, 2.05) is 38.2 Å². The molecule has 0 saturated carbocycles. The maximum absolute atomic E-state index is 11.9. The number of H-pyrrole nitrogens is 1. The molecule has 0 unspecified atom stereocenters.